The normalized spacial score (nSPS) is 45.2. The Labute approximate surface area is 212 Å². The van der Waals surface area contributed by atoms with E-state index in [0.29, 0.717) is 12.8 Å². The molecule has 3 heterocycles. The van der Waals surface area contributed by atoms with Crippen molar-refractivity contribution in [3.05, 3.63) is 65.5 Å². The summed E-state index contributed by atoms with van der Waals surface area (Å²) in [5.41, 5.74) is 1.99. The first-order valence-electron chi connectivity index (χ1n) is 13.4. The van der Waals surface area contributed by atoms with E-state index in [0.717, 1.165) is 41.2 Å². The highest BCUT2D eigenvalue weighted by molar-refractivity contribution is 5.82. The Kier molecular flexibility index (Phi) is 4.79. The van der Waals surface area contributed by atoms with Gasteiger partial charge in [0.15, 0.2) is 0 Å². The van der Waals surface area contributed by atoms with Crippen molar-refractivity contribution < 1.29 is 20.1 Å². The van der Waals surface area contributed by atoms with E-state index in [1.54, 1.807) is 0 Å². The molecule has 1 saturated heterocycles. The Balaban J connectivity index is 1.32. The van der Waals surface area contributed by atoms with Crippen LogP contribution < -0.4 is 0 Å². The number of ether oxygens (including phenoxy) is 1. The first kappa shape index (κ1) is 23.1. The number of pyridine rings is 1. The third-order valence-corrected chi connectivity index (χ3v) is 10.6. The monoisotopic (exact) mass is 488 g/mol. The molecule has 2 aliphatic heterocycles. The summed E-state index contributed by atoms with van der Waals surface area (Å²) in [4.78, 5) is 6.32. The van der Waals surface area contributed by atoms with Crippen molar-refractivity contribution in [2.75, 3.05) is 14.1 Å². The first-order chi connectivity index (χ1) is 17.2. The molecule has 5 aliphatic rings. The molecule has 2 bridgehead atoms. The van der Waals surface area contributed by atoms with E-state index in [2.05, 4.69) is 42.3 Å². The predicted molar refractivity (Wildman–Crippen MR) is 137 cm³/mol. The number of fused-ring (bicyclic) bond motifs is 2. The van der Waals surface area contributed by atoms with Crippen LogP contribution in [-0.4, -0.2) is 74.9 Å². The molecule has 0 amide bonds. The molecule has 2 spiro atoms. The lowest BCUT2D eigenvalue weighted by Gasteiger charge is -2.56. The maximum atomic E-state index is 11.6. The fourth-order valence-corrected chi connectivity index (χ4v) is 8.83. The van der Waals surface area contributed by atoms with Gasteiger partial charge in [0.2, 0.25) is 0 Å². The summed E-state index contributed by atoms with van der Waals surface area (Å²) in [5, 5.41) is 35.9. The van der Waals surface area contributed by atoms with Crippen LogP contribution in [-0.2, 0) is 4.74 Å². The third kappa shape index (κ3) is 2.82. The molecule has 9 atom stereocenters. The van der Waals surface area contributed by atoms with E-state index in [9.17, 15) is 15.3 Å². The van der Waals surface area contributed by atoms with Gasteiger partial charge in [0.05, 0.1) is 23.4 Å². The molecule has 0 unspecified atom stereocenters. The number of rotatable bonds is 2. The minimum atomic E-state index is -0.926. The highest BCUT2D eigenvalue weighted by Gasteiger charge is 2.69. The van der Waals surface area contributed by atoms with Crippen molar-refractivity contribution in [1.82, 2.24) is 9.88 Å². The SMILES string of the molecule is CN(C)[C@H]1C[C@@]23CC[C@@]4(O2)C(=CC[C@@]2(C)[C@H]4C[C@H](O)[C@@H]2c2ccc4ccncc4c2)C=C3[C@@H](O)[C@@H]1O. The summed E-state index contributed by atoms with van der Waals surface area (Å²) in [6.45, 7) is 2.34. The topological polar surface area (TPSA) is 86.1 Å². The number of aliphatic hydroxyl groups excluding tert-OH is 3. The molecule has 0 radical (unpaired) electrons. The van der Waals surface area contributed by atoms with Gasteiger partial charge in [-0.2, -0.15) is 0 Å². The van der Waals surface area contributed by atoms with Gasteiger partial charge >= 0.3 is 0 Å². The number of allylic oxidation sites excluding steroid dienone is 1. The van der Waals surface area contributed by atoms with E-state index in [4.69, 9.17) is 4.74 Å². The maximum Gasteiger partial charge on any atom is 0.105 e. The van der Waals surface area contributed by atoms with Gasteiger partial charge in [0, 0.05) is 35.7 Å². The van der Waals surface area contributed by atoms with Crippen molar-refractivity contribution in [3.8, 4) is 0 Å². The lowest BCUT2D eigenvalue weighted by Crippen LogP contribution is -2.61. The van der Waals surface area contributed by atoms with Gasteiger partial charge in [-0.15, -0.1) is 0 Å². The Hall–Kier alpha value is -2.09. The number of hydrogen-bond donors (Lipinski definition) is 3. The number of aliphatic hydroxyl groups is 3. The predicted octanol–water partition coefficient (Wildman–Crippen LogP) is 3.32. The average molecular weight is 489 g/mol. The second-order valence-electron chi connectivity index (χ2n) is 12.4. The standard InChI is InChI=1S/C30H36N2O4/c1-28-8-6-20-13-21-26(34)27(35)22(32(2)3)15-29(21)9-10-30(20,36-29)24(28)14-23(33)25(28)18-5-4-17-7-11-31-16-19(17)12-18/h4-7,11-13,16,22-27,33-35H,8-10,14-15H2,1-3H3/t22-,23-,24+,25-,26+,27+,28-,29+,30+/m0/s1. The lowest BCUT2D eigenvalue weighted by molar-refractivity contribution is -0.165. The highest BCUT2D eigenvalue weighted by atomic mass is 16.5. The van der Waals surface area contributed by atoms with Crippen LogP contribution in [0.5, 0.6) is 0 Å². The fraction of sp³-hybridized carbons (Fsp3) is 0.567. The molecule has 1 aromatic heterocycles. The van der Waals surface area contributed by atoms with Gasteiger partial charge in [-0.25, -0.2) is 0 Å². The highest BCUT2D eigenvalue weighted by Crippen LogP contribution is 2.69. The fourth-order valence-electron chi connectivity index (χ4n) is 8.83. The smallest absolute Gasteiger partial charge is 0.105 e. The molecule has 7 rings (SSSR count). The summed E-state index contributed by atoms with van der Waals surface area (Å²) in [6, 6.07) is 8.39. The van der Waals surface area contributed by atoms with Crippen LogP contribution in [0.1, 0.15) is 50.5 Å². The number of benzene rings is 1. The van der Waals surface area contributed by atoms with E-state index < -0.39 is 29.5 Å². The van der Waals surface area contributed by atoms with Crippen LogP contribution >= 0.6 is 0 Å². The minimum Gasteiger partial charge on any atom is -0.392 e. The van der Waals surface area contributed by atoms with Crippen molar-refractivity contribution >= 4 is 10.8 Å². The van der Waals surface area contributed by atoms with Gasteiger partial charge < -0.3 is 25.0 Å². The molecule has 2 aromatic rings. The zero-order valence-electron chi connectivity index (χ0n) is 21.3. The van der Waals surface area contributed by atoms with Crippen LogP contribution in [0.25, 0.3) is 10.8 Å². The Morgan fingerprint density at radius 2 is 1.92 bits per heavy atom. The van der Waals surface area contributed by atoms with E-state index in [1.165, 1.54) is 5.56 Å². The Morgan fingerprint density at radius 3 is 2.72 bits per heavy atom. The molecule has 1 aromatic carbocycles. The van der Waals surface area contributed by atoms with Crippen molar-refractivity contribution in [3.63, 3.8) is 0 Å². The molecular weight excluding hydrogens is 452 g/mol. The number of hydrogen-bond acceptors (Lipinski definition) is 6. The molecule has 36 heavy (non-hydrogen) atoms. The minimum absolute atomic E-state index is 0.0121. The third-order valence-electron chi connectivity index (χ3n) is 10.6. The summed E-state index contributed by atoms with van der Waals surface area (Å²) in [5.74, 6) is 0.187. The molecule has 3 fully saturated rings. The quantitative estimate of drug-likeness (QED) is 0.601. The van der Waals surface area contributed by atoms with Crippen LogP contribution in [0.15, 0.2) is 60.0 Å². The molecule has 6 nitrogen and oxygen atoms in total. The first-order valence-corrected chi connectivity index (χ1v) is 13.4. The molecular formula is C30H36N2O4. The van der Waals surface area contributed by atoms with Crippen molar-refractivity contribution in [2.24, 2.45) is 11.3 Å². The Bertz CT molecular complexity index is 1300. The summed E-state index contributed by atoms with van der Waals surface area (Å²) in [7, 11) is 3.92. The molecule has 6 heteroatoms. The summed E-state index contributed by atoms with van der Waals surface area (Å²) < 4.78 is 7.21. The second-order valence-corrected chi connectivity index (χ2v) is 12.4. The zero-order valence-corrected chi connectivity index (χ0v) is 21.3. The van der Waals surface area contributed by atoms with Crippen LogP contribution in [0, 0.1) is 11.3 Å². The molecule has 2 saturated carbocycles. The summed E-state index contributed by atoms with van der Waals surface area (Å²) in [6.07, 6.45) is 9.89. The van der Waals surface area contributed by atoms with E-state index in [-0.39, 0.29) is 23.3 Å². The van der Waals surface area contributed by atoms with Gasteiger partial charge in [-0.3, -0.25) is 4.98 Å². The second kappa shape index (κ2) is 7.49. The maximum absolute atomic E-state index is 11.6. The largest absolute Gasteiger partial charge is 0.392 e. The van der Waals surface area contributed by atoms with Gasteiger partial charge in [-0.1, -0.05) is 31.2 Å². The van der Waals surface area contributed by atoms with Crippen molar-refractivity contribution in [2.45, 2.75) is 80.5 Å². The van der Waals surface area contributed by atoms with Crippen molar-refractivity contribution in [1.29, 1.82) is 0 Å². The average Bonchev–Trinajstić information content (AvgIpc) is 3.32. The van der Waals surface area contributed by atoms with Gasteiger partial charge in [0.25, 0.3) is 0 Å². The van der Waals surface area contributed by atoms with E-state index >= 15 is 0 Å². The molecule has 3 N–H and O–H groups in total. The number of nitrogens with zero attached hydrogens (tertiary/aromatic N) is 2. The molecule has 3 aliphatic carbocycles. The van der Waals surface area contributed by atoms with Gasteiger partial charge in [-0.05, 0) is 85.8 Å². The number of aromatic nitrogens is 1. The van der Waals surface area contributed by atoms with Crippen LogP contribution in [0.4, 0.5) is 0 Å². The molecule has 190 valence electrons. The Morgan fingerprint density at radius 1 is 1.08 bits per heavy atom. The summed E-state index contributed by atoms with van der Waals surface area (Å²) >= 11 is 0. The van der Waals surface area contributed by atoms with Crippen LogP contribution in [0.2, 0.25) is 0 Å². The zero-order chi connectivity index (χ0) is 25.0. The number of likely N-dealkylation sites (N-methyl/N-ethyl adjacent to an activating group) is 1. The van der Waals surface area contributed by atoms with Gasteiger partial charge in [0.1, 0.15) is 6.10 Å². The van der Waals surface area contributed by atoms with E-state index in [1.807, 2.05) is 37.5 Å². The lowest BCUT2D eigenvalue weighted by atomic mass is 9.58. The van der Waals surface area contributed by atoms with Crippen LogP contribution in [0.3, 0.4) is 0 Å².